The second-order valence-corrected chi connectivity index (χ2v) is 8.15. The SMILES string of the molecule is CCN(CC)C(=O)COc1ccc(S(=O)(=O)Nc2cc(Cl)cc(Cl)c2)cc1. The van der Waals surface area contributed by atoms with Crippen LogP contribution in [0.4, 0.5) is 5.69 Å². The van der Waals surface area contributed by atoms with E-state index in [1.807, 2.05) is 13.8 Å². The highest BCUT2D eigenvalue weighted by Gasteiger charge is 2.15. The summed E-state index contributed by atoms with van der Waals surface area (Å²) >= 11 is 11.8. The van der Waals surface area contributed by atoms with Crippen LogP contribution >= 0.6 is 23.2 Å². The zero-order valence-corrected chi connectivity index (χ0v) is 17.2. The van der Waals surface area contributed by atoms with Crippen molar-refractivity contribution in [1.29, 1.82) is 0 Å². The minimum atomic E-state index is -3.81. The molecule has 0 aromatic heterocycles. The van der Waals surface area contributed by atoms with Crippen molar-refractivity contribution < 1.29 is 17.9 Å². The van der Waals surface area contributed by atoms with Gasteiger partial charge in [0.2, 0.25) is 0 Å². The number of anilines is 1. The van der Waals surface area contributed by atoms with Gasteiger partial charge < -0.3 is 9.64 Å². The fraction of sp³-hybridized carbons (Fsp3) is 0.278. The van der Waals surface area contributed by atoms with E-state index in [1.54, 1.807) is 4.90 Å². The van der Waals surface area contributed by atoms with E-state index in [0.717, 1.165) is 0 Å². The monoisotopic (exact) mass is 430 g/mol. The van der Waals surface area contributed by atoms with E-state index in [9.17, 15) is 13.2 Å². The molecule has 27 heavy (non-hydrogen) atoms. The molecule has 6 nitrogen and oxygen atoms in total. The van der Waals surface area contributed by atoms with Gasteiger partial charge in [0.25, 0.3) is 15.9 Å². The Morgan fingerprint density at radius 3 is 2.11 bits per heavy atom. The molecule has 9 heteroatoms. The van der Waals surface area contributed by atoms with Crippen LogP contribution < -0.4 is 9.46 Å². The molecule has 0 heterocycles. The molecule has 0 aliphatic heterocycles. The molecule has 0 radical (unpaired) electrons. The molecule has 1 N–H and O–H groups in total. The van der Waals surface area contributed by atoms with Crippen LogP contribution in [0.15, 0.2) is 47.4 Å². The normalized spacial score (nSPS) is 11.1. The Morgan fingerprint density at radius 2 is 1.59 bits per heavy atom. The zero-order valence-electron chi connectivity index (χ0n) is 14.9. The van der Waals surface area contributed by atoms with Crippen LogP contribution in [-0.4, -0.2) is 38.9 Å². The Hall–Kier alpha value is -1.96. The van der Waals surface area contributed by atoms with Gasteiger partial charge in [0, 0.05) is 23.1 Å². The summed E-state index contributed by atoms with van der Waals surface area (Å²) in [6, 6.07) is 10.2. The van der Waals surface area contributed by atoms with Crippen molar-refractivity contribution in [2.75, 3.05) is 24.4 Å². The van der Waals surface area contributed by atoms with Gasteiger partial charge in [-0.15, -0.1) is 0 Å². The lowest BCUT2D eigenvalue weighted by Crippen LogP contribution is -2.34. The first-order valence-corrected chi connectivity index (χ1v) is 10.5. The molecular weight excluding hydrogens is 411 g/mol. The maximum Gasteiger partial charge on any atom is 0.261 e. The van der Waals surface area contributed by atoms with Gasteiger partial charge in [-0.1, -0.05) is 23.2 Å². The number of nitrogens with one attached hydrogen (secondary N) is 1. The van der Waals surface area contributed by atoms with Crippen LogP contribution in [0.25, 0.3) is 0 Å². The van der Waals surface area contributed by atoms with Gasteiger partial charge in [-0.05, 0) is 56.3 Å². The lowest BCUT2D eigenvalue weighted by molar-refractivity contribution is -0.132. The first-order valence-electron chi connectivity index (χ1n) is 8.24. The van der Waals surface area contributed by atoms with E-state index in [-0.39, 0.29) is 23.1 Å². The van der Waals surface area contributed by atoms with Crippen LogP contribution in [0.3, 0.4) is 0 Å². The van der Waals surface area contributed by atoms with Crippen molar-refractivity contribution in [2.45, 2.75) is 18.7 Å². The maximum atomic E-state index is 12.5. The van der Waals surface area contributed by atoms with Crippen molar-refractivity contribution in [1.82, 2.24) is 4.90 Å². The Bertz CT molecular complexity index is 878. The number of carbonyl (C=O) groups excluding carboxylic acids is 1. The Kier molecular flexibility index (Phi) is 7.35. The highest BCUT2D eigenvalue weighted by atomic mass is 35.5. The second-order valence-electron chi connectivity index (χ2n) is 5.59. The number of nitrogens with zero attached hydrogens (tertiary/aromatic N) is 1. The minimum Gasteiger partial charge on any atom is -0.484 e. The van der Waals surface area contributed by atoms with E-state index in [4.69, 9.17) is 27.9 Å². The predicted molar refractivity (Wildman–Crippen MR) is 107 cm³/mol. The molecule has 0 aliphatic carbocycles. The molecule has 146 valence electrons. The van der Waals surface area contributed by atoms with Crippen molar-refractivity contribution in [3.05, 3.63) is 52.5 Å². The van der Waals surface area contributed by atoms with E-state index in [0.29, 0.717) is 28.9 Å². The first kappa shape index (κ1) is 21.3. The summed E-state index contributed by atoms with van der Waals surface area (Å²) < 4.78 is 32.8. The lowest BCUT2D eigenvalue weighted by Gasteiger charge is -2.18. The van der Waals surface area contributed by atoms with E-state index >= 15 is 0 Å². The van der Waals surface area contributed by atoms with Gasteiger partial charge in [0.1, 0.15) is 5.75 Å². The van der Waals surface area contributed by atoms with Crippen LogP contribution in [0, 0.1) is 0 Å². The van der Waals surface area contributed by atoms with Crippen LogP contribution in [0.1, 0.15) is 13.8 Å². The zero-order chi connectivity index (χ0) is 20.0. The van der Waals surface area contributed by atoms with Gasteiger partial charge in [-0.3, -0.25) is 9.52 Å². The summed E-state index contributed by atoms with van der Waals surface area (Å²) in [4.78, 5) is 13.6. The number of sulfonamides is 1. The predicted octanol–water partition coefficient (Wildman–Crippen LogP) is 4.04. The fourth-order valence-electron chi connectivity index (χ4n) is 2.35. The first-order chi connectivity index (χ1) is 12.7. The Balaban J connectivity index is 2.06. The highest BCUT2D eigenvalue weighted by molar-refractivity contribution is 7.92. The van der Waals surface area contributed by atoms with Gasteiger partial charge in [0.15, 0.2) is 6.61 Å². The third-order valence-corrected chi connectivity index (χ3v) is 5.56. The van der Waals surface area contributed by atoms with Crippen molar-refractivity contribution in [2.24, 2.45) is 0 Å². The van der Waals surface area contributed by atoms with Crippen LogP contribution in [-0.2, 0) is 14.8 Å². The summed E-state index contributed by atoms with van der Waals surface area (Å²) in [5, 5.41) is 0.642. The smallest absolute Gasteiger partial charge is 0.261 e. The Morgan fingerprint density at radius 1 is 1.04 bits per heavy atom. The number of hydrogen-bond donors (Lipinski definition) is 1. The summed E-state index contributed by atoms with van der Waals surface area (Å²) in [6.07, 6.45) is 0. The van der Waals surface area contributed by atoms with Gasteiger partial charge in [-0.2, -0.15) is 0 Å². The summed E-state index contributed by atoms with van der Waals surface area (Å²) in [7, 11) is -3.81. The molecule has 0 aliphatic rings. The number of carbonyl (C=O) groups is 1. The Labute approximate surface area is 169 Å². The third kappa shape index (κ3) is 6.02. The summed E-state index contributed by atoms with van der Waals surface area (Å²) in [5.41, 5.74) is 0.262. The third-order valence-electron chi connectivity index (χ3n) is 3.73. The number of ether oxygens (including phenoxy) is 1. The van der Waals surface area contributed by atoms with Crippen LogP contribution in [0.5, 0.6) is 5.75 Å². The molecule has 0 fully saturated rings. The molecule has 2 aromatic carbocycles. The van der Waals surface area contributed by atoms with Crippen molar-refractivity contribution in [3.63, 3.8) is 0 Å². The molecule has 1 amide bonds. The molecule has 0 saturated heterocycles. The molecule has 0 unspecified atom stereocenters. The molecule has 0 saturated carbocycles. The van der Waals surface area contributed by atoms with Gasteiger partial charge in [-0.25, -0.2) is 8.42 Å². The summed E-state index contributed by atoms with van der Waals surface area (Å²) in [6.45, 7) is 4.89. The number of amides is 1. The molecule has 0 atom stereocenters. The van der Waals surface area contributed by atoms with Gasteiger partial charge in [0.05, 0.1) is 10.6 Å². The highest BCUT2D eigenvalue weighted by Crippen LogP contribution is 2.25. The lowest BCUT2D eigenvalue weighted by atomic mass is 10.3. The van der Waals surface area contributed by atoms with Crippen molar-refractivity contribution in [3.8, 4) is 5.75 Å². The largest absolute Gasteiger partial charge is 0.484 e. The quantitative estimate of drug-likeness (QED) is 0.685. The minimum absolute atomic E-state index is 0.0426. The topological polar surface area (TPSA) is 75.7 Å². The summed E-state index contributed by atoms with van der Waals surface area (Å²) in [5.74, 6) is 0.274. The molecule has 2 rings (SSSR count). The standard InChI is InChI=1S/C18H20Cl2N2O4S/c1-3-22(4-2)18(23)12-26-16-5-7-17(8-6-16)27(24,25)21-15-10-13(19)9-14(20)11-15/h5-11,21H,3-4,12H2,1-2H3. The number of rotatable bonds is 8. The average Bonchev–Trinajstić information content (AvgIpc) is 2.60. The molecule has 0 bridgehead atoms. The van der Waals surface area contributed by atoms with Gasteiger partial charge >= 0.3 is 0 Å². The van der Waals surface area contributed by atoms with E-state index in [1.165, 1.54) is 42.5 Å². The maximum absolute atomic E-state index is 12.5. The second kappa shape index (κ2) is 9.30. The molecule has 2 aromatic rings. The van der Waals surface area contributed by atoms with E-state index in [2.05, 4.69) is 4.72 Å². The number of hydrogen-bond acceptors (Lipinski definition) is 4. The molecular formula is C18H20Cl2N2O4S. The van der Waals surface area contributed by atoms with Crippen molar-refractivity contribution >= 4 is 44.8 Å². The average molecular weight is 431 g/mol. The van der Waals surface area contributed by atoms with E-state index < -0.39 is 10.0 Å². The number of benzene rings is 2. The number of likely N-dealkylation sites (N-methyl/N-ethyl adjacent to an activating group) is 1. The van der Waals surface area contributed by atoms with Crippen LogP contribution in [0.2, 0.25) is 10.0 Å². The number of halogens is 2. The fourth-order valence-corrected chi connectivity index (χ4v) is 3.92. The molecule has 0 spiro atoms.